The zero-order valence-electron chi connectivity index (χ0n) is 12.2. The highest BCUT2D eigenvalue weighted by Gasteiger charge is 2.29. The van der Waals surface area contributed by atoms with E-state index in [2.05, 4.69) is 15.5 Å². The molecule has 1 N–H and O–H groups in total. The van der Waals surface area contributed by atoms with Crippen molar-refractivity contribution in [3.8, 4) is 0 Å². The molecule has 1 aromatic heterocycles. The maximum absolute atomic E-state index is 12.2. The summed E-state index contributed by atoms with van der Waals surface area (Å²) in [6.45, 7) is 5.65. The molecule has 120 valence electrons. The quantitative estimate of drug-likeness (QED) is 0.872. The van der Waals surface area contributed by atoms with E-state index in [-0.39, 0.29) is 24.2 Å². The first-order valence-electron chi connectivity index (χ1n) is 6.52. The topological polar surface area (TPSA) is 80.9 Å². The molecule has 0 bridgehead atoms. The van der Waals surface area contributed by atoms with Gasteiger partial charge >= 0.3 is 12.1 Å². The van der Waals surface area contributed by atoms with E-state index in [0.717, 1.165) is 4.68 Å². The van der Waals surface area contributed by atoms with Crippen molar-refractivity contribution in [1.82, 2.24) is 20.2 Å². The van der Waals surface area contributed by atoms with Crippen LogP contribution in [0.4, 0.5) is 13.2 Å². The highest BCUT2D eigenvalue weighted by Crippen LogP contribution is 2.26. The molecule has 1 heterocycles. The molecule has 0 spiro atoms. The second kappa shape index (κ2) is 6.40. The summed E-state index contributed by atoms with van der Waals surface area (Å²) in [5.74, 6) is -1.71. The molecule has 0 fully saturated rings. The maximum Gasteiger partial charge on any atom is 0.389 e. The van der Waals surface area contributed by atoms with Crippen molar-refractivity contribution in [1.29, 1.82) is 0 Å². The molecule has 0 aliphatic carbocycles. The number of carboxylic acids is 1. The average molecular weight is 308 g/mol. The minimum Gasteiger partial charge on any atom is -0.481 e. The normalized spacial score (nSPS) is 14.2. The van der Waals surface area contributed by atoms with Crippen LogP contribution in [0.25, 0.3) is 0 Å². The summed E-state index contributed by atoms with van der Waals surface area (Å²) in [7, 11) is 0. The molecule has 0 amide bonds. The lowest BCUT2D eigenvalue weighted by Gasteiger charge is -2.23. The van der Waals surface area contributed by atoms with Crippen LogP contribution < -0.4 is 0 Å². The first kappa shape index (κ1) is 17.4. The number of halogens is 3. The van der Waals surface area contributed by atoms with E-state index in [1.807, 2.05) is 20.8 Å². The molecule has 0 aliphatic rings. The fraction of sp³-hybridized carbons (Fsp3) is 0.833. The SMILES string of the molecule is CC(C)(C)CC(Cn1nnnc1CCC(F)(F)F)C(=O)O. The molecular weight excluding hydrogens is 289 g/mol. The van der Waals surface area contributed by atoms with E-state index < -0.39 is 24.5 Å². The van der Waals surface area contributed by atoms with Gasteiger partial charge in [0.25, 0.3) is 0 Å². The van der Waals surface area contributed by atoms with E-state index in [9.17, 15) is 23.1 Å². The van der Waals surface area contributed by atoms with Gasteiger partial charge in [0.1, 0.15) is 0 Å². The van der Waals surface area contributed by atoms with Crippen molar-refractivity contribution >= 4 is 5.97 Å². The molecule has 0 aliphatic heterocycles. The van der Waals surface area contributed by atoms with Crippen LogP contribution in [-0.2, 0) is 17.8 Å². The number of carbonyl (C=O) groups is 1. The van der Waals surface area contributed by atoms with Crippen molar-refractivity contribution in [3.05, 3.63) is 5.82 Å². The molecule has 0 saturated carbocycles. The number of carboxylic acid groups (broad SMARTS) is 1. The Morgan fingerprint density at radius 1 is 1.33 bits per heavy atom. The predicted molar refractivity (Wildman–Crippen MR) is 67.4 cm³/mol. The van der Waals surface area contributed by atoms with Crippen molar-refractivity contribution in [2.75, 3.05) is 0 Å². The summed E-state index contributed by atoms with van der Waals surface area (Å²) in [6, 6.07) is 0. The standard InChI is InChI=1S/C12H19F3N4O2/c1-11(2,3)6-8(10(20)21)7-19-9(16-17-18-19)4-5-12(13,14)15/h8H,4-7H2,1-3H3,(H,20,21). The molecule has 0 radical (unpaired) electrons. The lowest BCUT2D eigenvalue weighted by atomic mass is 9.84. The van der Waals surface area contributed by atoms with Crippen LogP contribution >= 0.6 is 0 Å². The van der Waals surface area contributed by atoms with Gasteiger partial charge in [-0.2, -0.15) is 13.2 Å². The van der Waals surface area contributed by atoms with E-state index in [0.29, 0.717) is 6.42 Å². The number of hydrogen-bond acceptors (Lipinski definition) is 4. The molecule has 0 saturated heterocycles. The Morgan fingerprint density at radius 2 is 1.95 bits per heavy atom. The lowest BCUT2D eigenvalue weighted by molar-refractivity contribution is -0.143. The molecule has 1 atom stereocenters. The summed E-state index contributed by atoms with van der Waals surface area (Å²) in [5, 5.41) is 19.7. The van der Waals surface area contributed by atoms with Crippen LogP contribution in [0.15, 0.2) is 0 Å². The van der Waals surface area contributed by atoms with Gasteiger partial charge in [-0.3, -0.25) is 4.79 Å². The Kier molecular flexibility index (Phi) is 5.30. The molecule has 21 heavy (non-hydrogen) atoms. The molecule has 1 rings (SSSR count). The van der Waals surface area contributed by atoms with Crippen LogP contribution in [0.2, 0.25) is 0 Å². The van der Waals surface area contributed by atoms with Gasteiger partial charge in [0.2, 0.25) is 0 Å². The number of rotatable bonds is 6. The summed E-state index contributed by atoms with van der Waals surface area (Å²) in [5.41, 5.74) is -0.219. The highest BCUT2D eigenvalue weighted by atomic mass is 19.4. The largest absolute Gasteiger partial charge is 0.481 e. The number of aromatic nitrogens is 4. The molecule has 9 heteroatoms. The molecule has 1 unspecified atom stereocenters. The van der Waals surface area contributed by atoms with Gasteiger partial charge in [0.15, 0.2) is 5.82 Å². The number of aliphatic carboxylic acids is 1. The van der Waals surface area contributed by atoms with Gasteiger partial charge < -0.3 is 5.11 Å². The number of nitrogens with zero attached hydrogens (tertiary/aromatic N) is 4. The lowest BCUT2D eigenvalue weighted by Crippen LogP contribution is -2.27. The maximum atomic E-state index is 12.2. The first-order valence-corrected chi connectivity index (χ1v) is 6.52. The van der Waals surface area contributed by atoms with Crippen LogP contribution in [0, 0.1) is 11.3 Å². The van der Waals surface area contributed by atoms with Crippen molar-refractivity contribution in [2.45, 2.75) is 52.8 Å². The number of tetrazole rings is 1. The molecule has 1 aromatic rings. The fourth-order valence-electron chi connectivity index (χ4n) is 1.98. The smallest absolute Gasteiger partial charge is 0.389 e. The zero-order chi connectivity index (χ0) is 16.3. The minimum absolute atomic E-state index is 0.0349. The monoisotopic (exact) mass is 308 g/mol. The summed E-state index contributed by atoms with van der Waals surface area (Å²) >= 11 is 0. The van der Waals surface area contributed by atoms with Crippen LogP contribution in [0.5, 0.6) is 0 Å². The van der Waals surface area contributed by atoms with Gasteiger partial charge in [-0.25, -0.2) is 4.68 Å². The fourth-order valence-corrected chi connectivity index (χ4v) is 1.98. The van der Waals surface area contributed by atoms with Crippen LogP contribution in [0.3, 0.4) is 0 Å². The number of hydrogen-bond donors (Lipinski definition) is 1. The molecule has 6 nitrogen and oxygen atoms in total. The number of aryl methyl sites for hydroxylation is 1. The Bertz CT molecular complexity index is 480. The van der Waals surface area contributed by atoms with Crippen molar-refractivity contribution in [3.63, 3.8) is 0 Å². The number of alkyl halides is 3. The van der Waals surface area contributed by atoms with Gasteiger partial charge in [-0.05, 0) is 22.3 Å². The Hall–Kier alpha value is -1.67. The van der Waals surface area contributed by atoms with Crippen molar-refractivity contribution in [2.24, 2.45) is 11.3 Å². The second-order valence-corrected chi connectivity index (χ2v) is 6.19. The van der Waals surface area contributed by atoms with E-state index >= 15 is 0 Å². The van der Waals surface area contributed by atoms with E-state index in [4.69, 9.17) is 0 Å². The van der Waals surface area contributed by atoms with Gasteiger partial charge in [-0.15, -0.1) is 5.10 Å². The third-order valence-electron chi connectivity index (χ3n) is 2.84. The highest BCUT2D eigenvalue weighted by molar-refractivity contribution is 5.69. The van der Waals surface area contributed by atoms with Crippen LogP contribution in [-0.4, -0.2) is 37.5 Å². The third-order valence-corrected chi connectivity index (χ3v) is 2.84. The van der Waals surface area contributed by atoms with Gasteiger partial charge in [-0.1, -0.05) is 20.8 Å². The summed E-state index contributed by atoms with van der Waals surface area (Å²) < 4.78 is 37.8. The molecule has 0 aromatic carbocycles. The van der Waals surface area contributed by atoms with Crippen molar-refractivity contribution < 1.29 is 23.1 Å². The van der Waals surface area contributed by atoms with Gasteiger partial charge in [0, 0.05) is 6.42 Å². The Labute approximate surface area is 120 Å². The minimum atomic E-state index is -4.30. The predicted octanol–water partition coefficient (Wildman–Crippen LogP) is 2.30. The zero-order valence-corrected chi connectivity index (χ0v) is 12.2. The van der Waals surface area contributed by atoms with E-state index in [1.54, 1.807) is 0 Å². The second-order valence-electron chi connectivity index (χ2n) is 6.19. The summed E-state index contributed by atoms with van der Waals surface area (Å²) in [4.78, 5) is 11.3. The average Bonchev–Trinajstić information content (AvgIpc) is 2.70. The molecular formula is C12H19F3N4O2. The first-order chi connectivity index (χ1) is 9.48. The third kappa shape index (κ3) is 6.54. The Morgan fingerprint density at radius 3 is 2.43 bits per heavy atom. The van der Waals surface area contributed by atoms with Crippen LogP contribution in [0.1, 0.15) is 39.4 Å². The van der Waals surface area contributed by atoms with Gasteiger partial charge in [0.05, 0.1) is 18.9 Å². The van der Waals surface area contributed by atoms with E-state index in [1.165, 1.54) is 0 Å². The Balaban J connectivity index is 2.77. The summed E-state index contributed by atoms with van der Waals surface area (Å²) in [6.07, 6.45) is -5.32.